The zero-order valence-corrected chi connectivity index (χ0v) is 11.9. The summed E-state index contributed by atoms with van der Waals surface area (Å²) in [5, 5.41) is 9.36. The molecule has 0 spiro atoms. The minimum atomic E-state index is -0.868. The van der Waals surface area contributed by atoms with Crippen LogP contribution < -0.4 is 9.47 Å². The summed E-state index contributed by atoms with van der Waals surface area (Å²) in [5.74, 6) is -0.201. The van der Waals surface area contributed by atoms with Gasteiger partial charge in [0.15, 0.2) is 5.78 Å². The van der Waals surface area contributed by atoms with E-state index in [4.69, 9.17) is 9.47 Å². The maximum Gasteiger partial charge on any atom is 0.188 e. The molecular weight excluding hydrogens is 266 g/mol. The number of ether oxygens (including phenoxy) is 2. The van der Waals surface area contributed by atoms with E-state index >= 15 is 0 Å². The molecule has 0 aliphatic carbocycles. The SMILES string of the molecule is COc1ccc(OC)c(C(=O)C(C#N)c2ccccc2)c1. The molecule has 0 aromatic heterocycles. The molecular formula is C17H15NO3. The average Bonchev–Trinajstić information content (AvgIpc) is 2.55. The van der Waals surface area contributed by atoms with E-state index in [1.807, 2.05) is 6.07 Å². The molecule has 0 aliphatic rings. The number of rotatable bonds is 5. The van der Waals surface area contributed by atoms with Crippen molar-refractivity contribution in [3.63, 3.8) is 0 Å². The third-order valence-corrected chi connectivity index (χ3v) is 3.20. The first-order chi connectivity index (χ1) is 10.2. The Bertz CT molecular complexity index is 674. The van der Waals surface area contributed by atoms with Crippen molar-refractivity contribution in [2.75, 3.05) is 14.2 Å². The van der Waals surface area contributed by atoms with Gasteiger partial charge in [-0.3, -0.25) is 4.79 Å². The van der Waals surface area contributed by atoms with Crippen LogP contribution in [0.5, 0.6) is 11.5 Å². The van der Waals surface area contributed by atoms with Gasteiger partial charge in [0.25, 0.3) is 0 Å². The highest BCUT2D eigenvalue weighted by molar-refractivity contribution is 6.05. The lowest BCUT2D eigenvalue weighted by molar-refractivity contribution is 0.0975. The Morgan fingerprint density at radius 2 is 1.81 bits per heavy atom. The molecule has 0 heterocycles. The lowest BCUT2D eigenvalue weighted by Crippen LogP contribution is -2.12. The highest BCUT2D eigenvalue weighted by Crippen LogP contribution is 2.29. The first-order valence-electron chi connectivity index (χ1n) is 6.42. The largest absolute Gasteiger partial charge is 0.497 e. The van der Waals surface area contributed by atoms with Gasteiger partial charge in [0, 0.05) is 0 Å². The van der Waals surface area contributed by atoms with Crippen molar-refractivity contribution < 1.29 is 14.3 Å². The van der Waals surface area contributed by atoms with Crippen LogP contribution in [-0.2, 0) is 0 Å². The van der Waals surface area contributed by atoms with Gasteiger partial charge in [0.05, 0.1) is 25.9 Å². The number of benzene rings is 2. The zero-order chi connectivity index (χ0) is 15.2. The molecule has 2 rings (SSSR count). The van der Waals surface area contributed by atoms with Gasteiger partial charge in [-0.1, -0.05) is 30.3 Å². The second-order valence-electron chi connectivity index (χ2n) is 4.40. The second kappa shape index (κ2) is 6.58. The van der Waals surface area contributed by atoms with Crippen molar-refractivity contribution in [3.05, 3.63) is 59.7 Å². The molecule has 0 bridgehead atoms. The van der Waals surface area contributed by atoms with Gasteiger partial charge < -0.3 is 9.47 Å². The second-order valence-corrected chi connectivity index (χ2v) is 4.40. The number of hydrogen-bond acceptors (Lipinski definition) is 4. The van der Waals surface area contributed by atoms with Crippen molar-refractivity contribution >= 4 is 5.78 Å². The minimum Gasteiger partial charge on any atom is -0.497 e. The van der Waals surface area contributed by atoms with E-state index in [9.17, 15) is 10.1 Å². The van der Waals surface area contributed by atoms with Crippen molar-refractivity contribution in [2.24, 2.45) is 0 Å². The summed E-state index contributed by atoms with van der Waals surface area (Å²) < 4.78 is 10.3. The zero-order valence-electron chi connectivity index (χ0n) is 11.9. The van der Waals surface area contributed by atoms with Crippen molar-refractivity contribution in [1.29, 1.82) is 5.26 Å². The highest BCUT2D eigenvalue weighted by atomic mass is 16.5. The number of ketones is 1. The van der Waals surface area contributed by atoms with E-state index in [0.29, 0.717) is 22.6 Å². The summed E-state index contributed by atoms with van der Waals surface area (Å²) in [6, 6.07) is 16.0. The molecule has 0 amide bonds. The van der Waals surface area contributed by atoms with Crippen LogP contribution in [0.25, 0.3) is 0 Å². The number of Topliss-reactive ketones (excluding diaryl/α,β-unsaturated/α-hetero) is 1. The first kappa shape index (κ1) is 14.6. The number of carbonyl (C=O) groups is 1. The lowest BCUT2D eigenvalue weighted by Gasteiger charge is -2.13. The Hall–Kier alpha value is -2.80. The van der Waals surface area contributed by atoms with Crippen LogP contribution >= 0.6 is 0 Å². The molecule has 106 valence electrons. The predicted octanol–water partition coefficient (Wildman–Crippen LogP) is 3.19. The number of carbonyl (C=O) groups excluding carboxylic acids is 1. The third-order valence-electron chi connectivity index (χ3n) is 3.20. The Labute approximate surface area is 123 Å². The molecule has 0 saturated carbocycles. The molecule has 21 heavy (non-hydrogen) atoms. The van der Waals surface area contributed by atoms with Gasteiger partial charge in [0.2, 0.25) is 0 Å². The van der Waals surface area contributed by atoms with E-state index in [0.717, 1.165) is 0 Å². The number of nitrogens with zero attached hydrogens (tertiary/aromatic N) is 1. The Morgan fingerprint density at radius 3 is 2.38 bits per heavy atom. The van der Waals surface area contributed by atoms with Gasteiger partial charge in [0.1, 0.15) is 17.4 Å². The van der Waals surface area contributed by atoms with Crippen LogP contribution in [0.15, 0.2) is 48.5 Å². The van der Waals surface area contributed by atoms with Crippen LogP contribution in [0.4, 0.5) is 0 Å². The van der Waals surface area contributed by atoms with Gasteiger partial charge in [-0.15, -0.1) is 0 Å². The standard InChI is InChI=1S/C17H15NO3/c1-20-13-8-9-16(21-2)14(10-13)17(19)15(11-18)12-6-4-3-5-7-12/h3-10,15H,1-2H3. The summed E-state index contributed by atoms with van der Waals surface area (Å²) in [5.41, 5.74) is 1.00. The van der Waals surface area contributed by atoms with Gasteiger partial charge >= 0.3 is 0 Å². The molecule has 2 aromatic carbocycles. The van der Waals surface area contributed by atoms with Crippen molar-refractivity contribution in [2.45, 2.75) is 5.92 Å². The van der Waals surface area contributed by atoms with E-state index in [-0.39, 0.29) is 5.78 Å². The van der Waals surface area contributed by atoms with Crippen LogP contribution in [0, 0.1) is 11.3 Å². The van der Waals surface area contributed by atoms with Crippen LogP contribution in [-0.4, -0.2) is 20.0 Å². The van der Waals surface area contributed by atoms with Gasteiger partial charge in [-0.25, -0.2) is 0 Å². The Morgan fingerprint density at radius 1 is 1.10 bits per heavy atom. The maximum absolute atomic E-state index is 12.7. The van der Waals surface area contributed by atoms with E-state index in [1.54, 1.807) is 42.5 Å². The molecule has 0 saturated heterocycles. The summed E-state index contributed by atoms with van der Waals surface area (Å²) in [6.45, 7) is 0. The lowest BCUT2D eigenvalue weighted by atomic mass is 9.91. The molecule has 0 aliphatic heterocycles. The predicted molar refractivity (Wildman–Crippen MR) is 78.7 cm³/mol. The number of hydrogen-bond donors (Lipinski definition) is 0. The number of nitriles is 1. The average molecular weight is 281 g/mol. The van der Waals surface area contributed by atoms with Crippen LogP contribution in [0.1, 0.15) is 21.8 Å². The fraction of sp³-hybridized carbons (Fsp3) is 0.176. The van der Waals surface area contributed by atoms with E-state index < -0.39 is 5.92 Å². The van der Waals surface area contributed by atoms with Crippen molar-refractivity contribution in [1.82, 2.24) is 0 Å². The first-order valence-corrected chi connectivity index (χ1v) is 6.42. The van der Waals surface area contributed by atoms with Gasteiger partial charge in [-0.05, 0) is 23.8 Å². The Balaban J connectivity index is 2.45. The highest BCUT2D eigenvalue weighted by Gasteiger charge is 2.24. The molecule has 0 fully saturated rings. The molecule has 0 N–H and O–H groups in total. The van der Waals surface area contributed by atoms with Crippen LogP contribution in [0.2, 0.25) is 0 Å². The maximum atomic E-state index is 12.7. The fourth-order valence-electron chi connectivity index (χ4n) is 2.09. The van der Waals surface area contributed by atoms with E-state index in [1.165, 1.54) is 14.2 Å². The summed E-state index contributed by atoms with van der Waals surface area (Å²) in [4.78, 5) is 12.7. The topological polar surface area (TPSA) is 59.3 Å². The molecule has 1 unspecified atom stereocenters. The quantitative estimate of drug-likeness (QED) is 0.790. The molecule has 4 heteroatoms. The monoisotopic (exact) mass is 281 g/mol. The summed E-state index contributed by atoms with van der Waals surface area (Å²) in [6.07, 6.45) is 0. The van der Waals surface area contributed by atoms with Crippen LogP contribution in [0.3, 0.4) is 0 Å². The van der Waals surface area contributed by atoms with E-state index in [2.05, 4.69) is 6.07 Å². The van der Waals surface area contributed by atoms with Crippen molar-refractivity contribution in [3.8, 4) is 17.6 Å². The number of methoxy groups -OCH3 is 2. The summed E-state index contributed by atoms with van der Waals surface area (Å²) in [7, 11) is 3.01. The molecule has 4 nitrogen and oxygen atoms in total. The normalized spacial score (nSPS) is 11.3. The minimum absolute atomic E-state index is 0.306. The fourth-order valence-corrected chi connectivity index (χ4v) is 2.09. The molecule has 0 radical (unpaired) electrons. The smallest absolute Gasteiger partial charge is 0.188 e. The summed E-state index contributed by atoms with van der Waals surface area (Å²) >= 11 is 0. The Kier molecular flexibility index (Phi) is 4.57. The molecule has 2 aromatic rings. The third kappa shape index (κ3) is 3.03. The van der Waals surface area contributed by atoms with Gasteiger partial charge in [-0.2, -0.15) is 5.26 Å². The molecule has 1 atom stereocenters.